The van der Waals surface area contributed by atoms with Gasteiger partial charge >= 0.3 is 0 Å². The molecular weight excluding hydrogens is 378 g/mol. The van der Waals surface area contributed by atoms with Crippen molar-refractivity contribution in [1.82, 2.24) is 14.7 Å². The fraction of sp³-hybridized carbons (Fsp3) is 0.300. The minimum atomic E-state index is -1.98. The monoisotopic (exact) mass is 399 g/mol. The quantitative estimate of drug-likeness (QED) is 0.641. The number of hydrogen-bond acceptors (Lipinski definition) is 5. The number of ether oxygens (including phenoxy) is 2. The first-order valence-corrected chi connectivity index (χ1v) is 10.1. The van der Waals surface area contributed by atoms with Gasteiger partial charge in [-0.05, 0) is 42.5 Å². The Morgan fingerprint density at radius 2 is 1.89 bits per heavy atom. The Labute approximate surface area is 165 Å². The van der Waals surface area contributed by atoms with Gasteiger partial charge in [0.15, 0.2) is 11.5 Å². The predicted molar refractivity (Wildman–Crippen MR) is 108 cm³/mol. The maximum Gasteiger partial charge on any atom is 0.231 e. The number of nitrogens with zero attached hydrogens (tertiary/aromatic N) is 2. The van der Waals surface area contributed by atoms with E-state index in [4.69, 9.17) is 14.0 Å². The molecule has 8 heteroatoms. The highest BCUT2D eigenvalue weighted by atomic mass is 32.2. The molecule has 0 bridgehead atoms. The van der Waals surface area contributed by atoms with Crippen molar-refractivity contribution in [2.24, 2.45) is 0 Å². The molecule has 0 aliphatic heterocycles. The Balaban J connectivity index is 1.74. The van der Waals surface area contributed by atoms with Gasteiger partial charge < -0.3 is 9.47 Å². The average molecular weight is 399 g/mol. The number of aryl methyl sites for hydroxylation is 1. The van der Waals surface area contributed by atoms with E-state index in [-0.39, 0.29) is 6.04 Å². The van der Waals surface area contributed by atoms with E-state index in [0.29, 0.717) is 11.5 Å². The number of nitrogens with one attached hydrogen (secondary N) is 1. The molecule has 146 valence electrons. The van der Waals surface area contributed by atoms with Crippen molar-refractivity contribution in [2.45, 2.75) is 25.3 Å². The zero-order chi connectivity index (χ0) is 19.7. The molecule has 4 rings (SSSR count). The van der Waals surface area contributed by atoms with Gasteiger partial charge in [-0.15, -0.1) is 0 Å². The molecule has 0 saturated carbocycles. The number of benzene rings is 2. The second-order valence-corrected chi connectivity index (χ2v) is 7.47. The van der Waals surface area contributed by atoms with Crippen LogP contribution in [0.2, 0.25) is 0 Å². The van der Waals surface area contributed by atoms with Gasteiger partial charge in [-0.2, -0.15) is 0 Å². The molecule has 2 aromatic carbocycles. The molecule has 3 aromatic rings. The van der Waals surface area contributed by atoms with Crippen LogP contribution in [-0.2, 0) is 24.1 Å². The molecule has 2 unspecified atom stereocenters. The van der Waals surface area contributed by atoms with Crippen molar-refractivity contribution in [3.8, 4) is 22.8 Å². The summed E-state index contributed by atoms with van der Waals surface area (Å²) in [4.78, 5) is 8.89. The molecule has 7 nitrogen and oxygen atoms in total. The molecule has 0 saturated heterocycles. The van der Waals surface area contributed by atoms with E-state index in [9.17, 15) is 4.21 Å². The summed E-state index contributed by atoms with van der Waals surface area (Å²) in [7, 11) is 3.21. The highest BCUT2D eigenvalue weighted by molar-refractivity contribution is 7.77. The molecule has 1 aromatic heterocycles. The topological polar surface area (TPSA) is 93.6 Å². The number of rotatable bonds is 5. The van der Waals surface area contributed by atoms with Crippen LogP contribution in [0, 0.1) is 0 Å². The van der Waals surface area contributed by atoms with Gasteiger partial charge in [-0.25, -0.2) is 18.9 Å². The van der Waals surface area contributed by atoms with Crippen LogP contribution in [0.4, 0.5) is 0 Å². The smallest absolute Gasteiger partial charge is 0.231 e. The second-order valence-electron chi connectivity index (χ2n) is 6.74. The van der Waals surface area contributed by atoms with Crippen LogP contribution >= 0.6 is 0 Å². The molecular formula is C20H21N3O4S. The van der Waals surface area contributed by atoms with Gasteiger partial charge in [0.05, 0.1) is 25.4 Å². The minimum Gasteiger partial charge on any atom is -0.493 e. The first kappa shape index (κ1) is 18.8. The van der Waals surface area contributed by atoms with Crippen molar-refractivity contribution in [3.05, 3.63) is 47.8 Å². The zero-order valence-electron chi connectivity index (χ0n) is 15.6. The van der Waals surface area contributed by atoms with Crippen LogP contribution in [0.15, 0.2) is 36.7 Å². The number of hydrogen-bond donors (Lipinski definition) is 2. The van der Waals surface area contributed by atoms with Crippen LogP contribution in [0.1, 0.15) is 17.5 Å². The normalized spacial score (nSPS) is 17.2. The standard InChI is InChI=1S/C20H21N3O4S/c1-26-18-9-16-17(10-19(18)27-2)21-11-22-20(16)14-4-3-13-8-15(23-28(24)25)6-5-12(13)7-14/h3-4,7,9-11,15,23H,5-6,8H2,1-2H3,(H,24,25). The lowest BCUT2D eigenvalue weighted by Gasteiger charge is -2.24. The summed E-state index contributed by atoms with van der Waals surface area (Å²) in [6.45, 7) is 0. The lowest BCUT2D eigenvalue weighted by molar-refractivity contribution is 0.356. The van der Waals surface area contributed by atoms with Gasteiger partial charge in [0.25, 0.3) is 0 Å². The molecule has 0 radical (unpaired) electrons. The van der Waals surface area contributed by atoms with Crippen LogP contribution in [0.3, 0.4) is 0 Å². The number of fused-ring (bicyclic) bond motifs is 2. The molecule has 2 N–H and O–H groups in total. The average Bonchev–Trinajstić information content (AvgIpc) is 2.71. The van der Waals surface area contributed by atoms with Crippen LogP contribution in [0.5, 0.6) is 11.5 Å². The molecule has 1 aliphatic carbocycles. The van der Waals surface area contributed by atoms with Crippen molar-refractivity contribution in [2.75, 3.05) is 14.2 Å². The van der Waals surface area contributed by atoms with Gasteiger partial charge in [0, 0.05) is 23.1 Å². The number of aromatic nitrogens is 2. The Bertz CT molecular complexity index is 1060. The van der Waals surface area contributed by atoms with E-state index < -0.39 is 11.3 Å². The van der Waals surface area contributed by atoms with E-state index in [2.05, 4.69) is 26.8 Å². The van der Waals surface area contributed by atoms with E-state index in [1.165, 1.54) is 11.1 Å². The molecule has 28 heavy (non-hydrogen) atoms. The highest BCUT2D eigenvalue weighted by Gasteiger charge is 2.21. The molecule has 1 aliphatic rings. The third-order valence-electron chi connectivity index (χ3n) is 5.12. The van der Waals surface area contributed by atoms with E-state index >= 15 is 0 Å². The molecule has 1 heterocycles. The summed E-state index contributed by atoms with van der Waals surface area (Å²) in [6.07, 6.45) is 3.95. The largest absolute Gasteiger partial charge is 0.493 e. The minimum absolute atomic E-state index is 0.0146. The van der Waals surface area contributed by atoms with Gasteiger partial charge in [-0.3, -0.25) is 4.55 Å². The Hall–Kier alpha value is -2.55. The van der Waals surface area contributed by atoms with Crippen molar-refractivity contribution in [3.63, 3.8) is 0 Å². The molecule has 0 spiro atoms. The van der Waals surface area contributed by atoms with Crippen LogP contribution < -0.4 is 14.2 Å². The SMILES string of the molecule is COc1cc2ncnc(-c3ccc4c(c3)CCC(NS(=O)O)C4)c2cc1OC. The lowest BCUT2D eigenvalue weighted by Crippen LogP contribution is -2.35. The lowest BCUT2D eigenvalue weighted by atomic mass is 9.87. The van der Waals surface area contributed by atoms with Crippen LogP contribution in [0.25, 0.3) is 22.2 Å². The number of methoxy groups -OCH3 is 2. The fourth-order valence-electron chi connectivity index (χ4n) is 3.76. The zero-order valence-corrected chi connectivity index (χ0v) is 16.5. The summed E-state index contributed by atoms with van der Waals surface area (Å²) in [5.41, 5.74) is 5.07. The molecule has 2 atom stereocenters. The van der Waals surface area contributed by atoms with Gasteiger partial charge in [0.1, 0.15) is 6.33 Å². The third-order valence-corrected chi connectivity index (χ3v) is 5.65. The van der Waals surface area contributed by atoms with E-state index in [0.717, 1.165) is 41.4 Å². The Morgan fingerprint density at radius 1 is 1.11 bits per heavy atom. The fourth-order valence-corrected chi connectivity index (χ4v) is 4.24. The predicted octanol–water partition coefficient (Wildman–Crippen LogP) is 2.90. The third kappa shape index (κ3) is 3.58. The summed E-state index contributed by atoms with van der Waals surface area (Å²) in [6, 6.07) is 10.0. The second kappa shape index (κ2) is 7.83. The first-order chi connectivity index (χ1) is 13.6. The Kier molecular flexibility index (Phi) is 5.25. The summed E-state index contributed by atoms with van der Waals surface area (Å²) in [5.74, 6) is 1.26. The van der Waals surface area contributed by atoms with Gasteiger partial charge in [-0.1, -0.05) is 12.1 Å². The molecule has 0 amide bonds. The van der Waals surface area contributed by atoms with E-state index in [1.807, 2.05) is 18.2 Å². The maximum atomic E-state index is 11.0. The van der Waals surface area contributed by atoms with Crippen molar-refractivity contribution < 1.29 is 18.2 Å². The van der Waals surface area contributed by atoms with Crippen molar-refractivity contribution >= 4 is 22.2 Å². The van der Waals surface area contributed by atoms with Crippen molar-refractivity contribution in [1.29, 1.82) is 0 Å². The maximum absolute atomic E-state index is 11.0. The first-order valence-electron chi connectivity index (χ1n) is 8.95. The van der Waals surface area contributed by atoms with E-state index in [1.54, 1.807) is 20.5 Å². The highest BCUT2D eigenvalue weighted by Crippen LogP contribution is 2.36. The van der Waals surface area contributed by atoms with Crippen LogP contribution in [-0.4, -0.2) is 39.0 Å². The molecule has 0 fully saturated rings. The summed E-state index contributed by atoms with van der Waals surface area (Å²) >= 11 is -1.98. The summed E-state index contributed by atoms with van der Waals surface area (Å²) in [5, 5.41) is 0.895. The van der Waals surface area contributed by atoms with Gasteiger partial charge in [0.2, 0.25) is 11.3 Å². The summed E-state index contributed by atoms with van der Waals surface area (Å²) < 4.78 is 33.6. The Morgan fingerprint density at radius 3 is 2.64 bits per heavy atom.